The number of anilines is 1. The topological polar surface area (TPSA) is 79.4 Å². The Kier molecular flexibility index (Phi) is 4.51. The van der Waals surface area contributed by atoms with E-state index in [2.05, 4.69) is 10.3 Å². The van der Waals surface area contributed by atoms with Gasteiger partial charge in [0.15, 0.2) is 0 Å². The minimum Gasteiger partial charge on any atom is -0.346 e. The Balaban J connectivity index is 1.81. The third-order valence-corrected chi connectivity index (χ3v) is 5.68. The molecule has 7 heteroatoms. The Morgan fingerprint density at radius 2 is 1.96 bits per heavy atom. The zero-order valence-electron chi connectivity index (χ0n) is 14.4. The van der Waals surface area contributed by atoms with E-state index in [1.54, 1.807) is 30.6 Å². The molecule has 0 fully saturated rings. The van der Waals surface area contributed by atoms with Crippen LogP contribution in [0.1, 0.15) is 41.4 Å². The molecule has 1 aliphatic rings. The zero-order chi connectivity index (χ0) is 18.2. The van der Waals surface area contributed by atoms with Gasteiger partial charge >= 0.3 is 0 Å². The van der Waals surface area contributed by atoms with E-state index in [4.69, 9.17) is 0 Å². The van der Waals surface area contributed by atoms with Crippen molar-refractivity contribution in [3.63, 3.8) is 0 Å². The molecule has 2 aromatic rings. The molecule has 0 saturated heterocycles. The molecule has 0 radical (unpaired) electrons. The SMILES string of the molecule is CC(NC(=O)c1ccc2c(c1)CC(C)N2S(C)(=O)=O)c1ccncc1. The number of sulfonamides is 1. The van der Waals surface area contributed by atoms with Gasteiger partial charge in [-0.1, -0.05) is 0 Å². The van der Waals surface area contributed by atoms with E-state index in [-0.39, 0.29) is 18.0 Å². The van der Waals surface area contributed by atoms with E-state index in [0.717, 1.165) is 11.1 Å². The average Bonchev–Trinajstić information content (AvgIpc) is 2.90. The first-order chi connectivity index (χ1) is 11.8. The molecule has 1 aliphatic heterocycles. The summed E-state index contributed by atoms with van der Waals surface area (Å²) >= 11 is 0. The highest BCUT2D eigenvalue weighted by molar-refractivity contribution is 7.92. The van der Waals surface area contributed by atoms with Crippen LogP contribution in [0.4, 0.5) is 5.69 Å². The van der Waals surface area contributed by atoms with Gasteiger partial charge in [-0.15, -0.1) is 0 Å². The van der Waals surface area contributed by atoms with Crippen LogP contribution in [0.25, 0.3) is 0 Å². The van der Waals surface area contributed by atoms with Gasteiger partial charge in [0.25, 0.3) is 5.91 Å². The lowest BCUT2D eigenvalue weighted by Gasteiger charge is -2.22. The van der Waals surface area contributed by atoms with Crippen LogP contribution in [-0.4, -0.2) is 31.6 Å². The monoisotopic (exact) mass is 359 g/mol. The van der Waals surface area contributed by atoms with E-state index in [1.165, 1.54) is 10.6 Å². The molecule has 25 heavy (non-hydrogen) atoms. The number of carbonyl (C=O) groups excluding carboxylic acids is 1. The van der Waals surface area contributed by atoms with Crippen molar-refractivity contribution in [2.24, 2.45) is 0 Å². The largest absolute Gasteiger partial charge is 0.346 e. The first kappa shape index (κ1) is 17.4. The van der Waals surface area contributed by atoms with Gasteiger partial charge in [-0.3, -0.25) is 14.1 Å². The summed E-state index contributed by atoms with van der Waals surface area (Å²) in [6.07, 6.45) is 5.18. The maximum absolute atomic E-state index is 12.5. The van der Waals surface area contributed by atoms with Crippen molar-refractivity contribution in [3.05, 3.63) is 59.4 Å². The fraction of sp³-hybridized carbons (Fsp3) is 0.333. The second kappa shape index (κ2) is 6.48. The lowest BCUT2D eigenvalue weighted by molar-refractivity contribution is 0.0940. The predicted octanol–water partition coefficient (Wildman–Crippen LogP) is 2.28. The number of carbonyl (C=O) groups is 1. The summed E-state index contributed by atoms with van der Waals surface area (Å²) in [5, 5.41) is 2.96. The first-order valence-corrected chi connectivity index (χ1v) is 9.95. The van der Waals surface area contributed by atoms with E-state index < -0.39 is 10.0 Å². The van der Waals surface area contributed by atoms with Crippen LogP contribution in [-0.2, 0) is 16.4 Å². The van der Waals surface area contributed by atoms with E-state index in [0.29, 0.717) is 17.7 Å². The summed E-state index contributed by atoms with van der Waals surface area (Å²) in [6.45, 7) is 3.78. The van der Waals surface area contributed by atoms with Crippen molar-refractivity contribution in [2.75, 3.05) is 10.6 Å². The number of amides is 1. The number of nitrogens with zero attached hydrogens (tertiary/aromatic N) is 2. The van der Waals surface area contributed by atoms with Crippen LogP contribution in [0.2, 0.25) is 0 Å². The van der Waals surface area contributed by atoms with E-state index >= 15 is 0 Å². The van der Waals surface area contributed by atoms with Crippen molar-refractivity contribution in [1.82, 2.24) is 10.3 Å². The third kappa shape index (κ3) is 3.51. The van der Waals surface area contributed by atoms with Gasteiger partial charge in [0.05, 0.1) is 18.0 Å². The van der Waals surface area contributed by atoms with Crippen LogP contribution in [0.3, 0.4) is 0 Å². The summed E-state index contributed by atoms with van der Waals surface area (Å²) in [5.74, 6) is -0.183. The van der Waals surface area contributed by atoms with Crippen molar-refractivity contribution >= 4 is 21.6 Å². The fourth-order valence-electron chi connectivity index (χ4n) is 3.26. The number of rotatable bonds is 4. The minimum absolute atomic E-state index is 0.140. The molecular weight excluding hydrogens is 338 g/mol. The van der Waals surface area contributed by atoms with Crippen LogP contribution in [0.15, 0.2) is 42.7 Å². The minimum atomic E-state index is -3.33. The second-order valence-electron chi connectivity index (χ2n) is 6.43. The summed E-state index contributed by atoms with van der Waals surface area (Å²) in [7, 11) is -3.33. The Labute approximate surface area is 147 Å². The molecule has 0 bridgehead atoms. The van der Waals surface area contributed by atoms with Gasteiger partial charge in [0, 0.05) is 24.0 Å². The maximum atomic E-state index is 12.5. The predicted molar refractivity (Wildman–Crippen MR) is 97.0 cm³/mol. The molecule has 2 atom stereocenters. The molecule has 0 aliphatic carbocycles. The van der Waals surface area contributed by atoms with Crippen molar-refractivity contribution in [3.8, 4) is 0 Å². The zero-order valence-corrected chi connectivity index (χ0v) is 15.2. The lowest BCUT2D eigenvalue weighted by atomic mass is 10.1. The number of fused-ring (bicyclic) bond motifs is 1. The Bertz CT molecular complexity index is 897. The molecule has 2 unspecified atom stereocenters. The first-order valence-electron chi connectivity index (χ1n) is 8.10. The van der Waals surface area contributed by atoms with Gasteiger partial charge in [-0.2, -0.15) is 0 Å². The molecule has 2 heterocycles. The lowest BCUT2D eigenvalue weighted by Crippen LogP contribution is -2.34. The highest BCUT2D eigenvalue weighted by Crippen LogP contribution is 2.34. The van der Waals surface area contributed by atoms with Crippen molar-refractivity contribution in [1.29, 1.82) is 0 Å². The highest BCUT2D eigenvalue weighted by atomic mass is 32.2. The molecule has 0 saturated carbocycles. The maximum Gasteiger partial charge on any atom is 0.251 e. The Hall–Kier alpha value is -2.41. The molecule has 3 rings (SSSR count). The van der Waals surface area contributed by atoms with E-state index in [1.807, 2.05) is 26.0 Å². The number of hydrogen-bond acceptors (Lipinski definition) is 4. The summed E-state index contributed by atoms with van der Waals surface area (Å²) in [6, 6.07) is 8.61. The normalized spacial score (nSPS) is 17.9. The van der Waals surface area contributed by atoms with Gasteiger partial charge in [-0.25, -0.2) is 8.42 Å². The smallest absolute Gasteiger partial charge is 0.251 e. The number of nitrogens with one attached hydrogen (secondary N) is 1. The summed E-state index contributed by atoms with van der Waals surface area (Å²) in [4.78, 5) is 16.5. The Morgan fingerprint density at radius 1 is 1.28 bits per heavy atom. The molecule has 0 spiro atoms. The van der Waals surface area contributed by atoms with Gasteiger partial charge < -0.3 is 5.32 Å². The quantitative estimate of drug-likeness (QED) is 0.908. The Morgan fingerprint density at radius 3 is 2.60 bits per heavy atom. The molecular formula is C18H21N3O3S. The average molecular weight is 359 g/mol. The van der Waals surface area contributed by atoms with Crippen molar-refractivity contribution in [2.45, 2.75) is 32.4 Å². The number of aromatic nitrogens is 1. The molecule has 1 aromatic heterocycles. The van der Waals surface area contributed by atoms with Crippen LogP contribution >= 0.6 is 0 Å². The fourth-order valence-corrected chi connectivity index (χ4v) is 4.53. The molecule has 1 N–H and O–H groups in total. The van der Waals surface area contributed by atoms with Gasteiger partial charge in [0.2, 0.25) is 10.0 Å². The van der Waals surface area contributed by atoms with Gasteiger partial charge in [-0.05, 0) is 61.7 Å². The number of pyridine rings is 1. The standard InChI is InChI=1S/C18H21N3O3S/c1-12-10-16-11-15(4-5-17(16)21(12)25(3,23)24)18(22)20-13(2)14-6-8-19-9-7-14/h4-9,11-13H,10H2,1-3H3,(H,20,22). The van der Waals surface area contributed by atoms with Gasteiger partial charge in [0.1, 0.15) is 0 Å². The second-order valence-corrected chi connectivity index (χ2v) is 8.29. The van der Waals surface area contributed by atoms with Crippen molar-refractivity contribution < 1.29 is 13.2 Å². The van der Waals surface area contributed by atoms with E-state index in [9.17, 15) is 13.2 Å². The van der Waals surface area contributed by atoms with Crippen LogP contribution < -0.4 is 9.62 Å². The molecule has 132 valence electrons. The molecule has 1 aromatic carbocycles. The number of hydrogen-bond donors (Lipinski definition) is 1. The molecule has 6 nitrogen and oxygen atoms in total. The number of benzene rings is 1. The third-order valence-electron chi connectivity index (χ3n) is 4.41. The highest BCUT2D eigenvalue weighted by Gasteiger charge is 2.32. The summed E-state index contributed by atoms with van der Waals surface area (Å²) in [5.41, 5.74) is 3.04. The van der Waals surface area contributed by atoms with Crippen LogP contribution in [0.5, 0.6) is 0 Å². The molecule has 1 amide bonds. The summed E-state index contributed by atoms with van der Waals surface area (Å²) < 4.78 is 25.4. The van der Waals surface area contributed by atoms with Crippen LogP contribution in [0, 0.1) is 0 Å².